The Hall–Kier alpha value is -1.62. The summed E-state index contributed by atoms with van der Waals surface area (Å²) in [7, 11) is 0. The molecule has 1 aliphatic heterocycles. The van der Waals surface area contributed by atoms with Crippen LogP contribution in [0.5, 0.6) is 0 Å². The third kappa shape index (κ3) is 4.17. The van der Waals surface area contributed by atoms with Crippen molar-refractivity contribution in [2.45, 2.75) is 51.7 Å². The fourth-order valence-electron chi connectivity index (χ4n) is 2.44. The molecule has 5 heteroatoms. The first-order chi connectivity index (χ1) is 9.76. The van der Waals surface area contributed by atoms with Crippen LogP contribution in [0.25, 0.3) is 0 Å². The van der Waals surface area contributed by atoms with Crippen LogP contribution in [0.3, 0.4) is 0 Å². The van der Waals surface area contributed by atoms with Crippen molar-refractivity contribution in [1.82, 2.24) is 9.88 Å². The second-order valence-electron chi connectivity index (χ2n) is 6.60. The summed E-state index contributed by atoms with van der Waals surface area (Å²) in [5, 5.41) is 9.65. The van der Waals surface area contributed by atoms with E-state index in [0.29, 0.717) is 13.1 Å². The highest BCUT2D eigenvalue weighted by Crippen LogP contribution is 2.28. The van der Waals surface area contributed by atoms with E-state index in [0.717, 1.165) is 17.7 Å². The summed E-state index contributed by atoms with van der Waals surface area (Å²) in [6.45, 7) is 8.64. The molecule has 21 heavy (non-hydrogen) atoms. The van der Waals surface area contributed by atoms with E-state index >= 15 is 0 Å². The lowest BCUT2D eigenvalue weighted by Gasteiger charge is -2.24. The Kier molecular flexibility index (Phi) is 4.52. The number of pyridine rings is 1. The smallest absolute Gasteiger partial charge is 0.410 e. The monoisotopic (exact) mass is 292 g/mol. The van der Waals surface area contributed by atoms with Gasteiger partial charge in [0.05, 0.1) is 6.10 Å². The second-order valence-corrected chi connectivity index (χ2v) is 6.60. The number of carbonyl (C=O) groups excluding carboxylic acids is 1. The number of nitrogens with zero attached hydrogens (tertiary/aromatic N) is 2. The van der Waals surface area contributed by atoms with Crippen molar-refractivity contribution in [3.8, 4) is 0 Å². The van der Waals surface area contributed by atoms with E-state index in [1.165, 1.54) is 0 Å². The molecule has 1 saturated heterocycles. The van der Waals surface area contributed by atoms with Crippen molar-refractivity contribution in [2.24, 2.45) is 0 Å². The van der Waals surface area contributed by atoms with Crippen LogP contribution in [0.4, 0.5) is 4.79 Å². The number of aromatic nitrogens is 1. The molecule has 0 saturated carbocycles. The minimum absolute atomic E-state index is 0.205. The molecule has 1 aromatic rings. The van der Waals surface area contributed by atoms with Gasteiger partial charge < -0.3 is 14.7 Å². The number of aliphatic hydroxyl groups is 1. The predicted octanol–water partition coefficient (Wildman–Crippen LogP) is 2.86. The van der Waals surface area contributed by atoms with Crippen molar-refractivity contribution >= 4 is 6.09 Å². The van der Waals surface area contributed by atoms with Crippen LogP contribution in [-0.4, -0.2) is 39.8 Å². The number of likely N-dealkylation sites (tertiary alicyclic amines) is 1. The fourth-order valence-corrected chi connectivity index (χ4v) is 2.44. The molecular weight excluding hydrogens is 268 g/mol. The number of aliphatic hydroxyl groups excluding tert-OH is 1. The van der Waals surface area contributed by atoms with E-state index in [4.69, 9.17) is 4.74 Å². The largest absolute Gasteiger partial charge is 0.444 e. The quantitative estimate of drug-likeness (QED) is 0.910. The highest BCUT2D eigenvalue weighted by molar-refractivity contribution is 5.68. The number of rotatable bonds is 2. The molecular formula is C16H24N2O3. The molecule has 0 aliphatic carbocycles. The Labute approximate surface area is 125 Å². The third-order valence-corrected chi connectivity index (χ3v) is 3.55. The molecule has 0 bridgehead atoms. The third-order valence-electron chi connectivity index (χ3n) is 3.55. The van der Waals surface area contributed by atoms with Gasteiger partial charge in [-0.3, -0.25) is 4.98 Å². The Balaban J connectivity index is 2.02. The Morgan fingerprint density at radius 2 is 2.24 bits per heavy atom. The highest BCUT2D eigenvalue weighted by Gasteiger charge is 2.31. The molecule has 116 valence electrons. The van der Waals surface area contributed by atoms with E-state index in [-0.39, 0.29) is 12.0 Å². The average Bonchev–Trinajstić information content (AvgIpc) is 2.86. The van der Waals surface area contributed by atoms with E-state index in [1.807, 2.05) is 32.9 Å². The SMILES string of the molecule is CC(O)c1ccnc(C2CCN(C(=O)OC(C)(C)C)C2)c1. The first-order valence-corrected chi connectivity index (χ1v) is 7.38. The Morgan fingerprint density at radius 1 is 1.52 bits per heavy atom. The van der Waals surface area contributed by atoms with Crippen LogP contribution in [0, 0.1) is 0 Å². The normalized spacial score (nSPS) is 20.4. The lowest BCUT2D eigenvalue weighted by molar-refractivity contribution is 0.0292. The maximum absolute atomic E-state index is 12.1. The molecule has 1 amide bonds. The molecule has 1 aliphatic rings. The van der Waals surface area contributed by atoms with Gasteiger partial charge in [0, 0.05) is 30.9 Å². The highest BCUT2D eigenvalue weighted by atomic mass is 16.6. The molecule has 1 aromatic heterocycles. The lowest BCUT2D eigenvalue weighted by atomic mass is 10.0. The van der Waals surface area contributed by atoms with Crippen LogP contribution in [0.1, 0.15) is 57.4 Å². The van der Waals surface area contributed by atoms with Gasteiger partial charge in [0.2, 0.25) is 0 Å². The Morgan fingerprint density at radius 3 is 2.86 bits per heavy atom. The van der Waals surface area contributed by atoms with Crippen molar-refractivity contribution in [2.75, 3.05) is 13.1 Å². The van der Waals surface area contributed by atoms with E-state index < -0.39 is 11.7 Å². The molecule has 2 unspecified atom stereocenters. The van der Waals surface area contributed by atoms with Crippen molar-refractivity contribution in [3.05, 3.63) is 29.6 Å². The molecule has 0 aromatic carbocycles. The van der Waals surface area contributed by atoms with Gasteiger partial charge in [-0.2, -0.15) is 0 Å². The van der Waals surface area contributed by atoms with Crippen LogP contribution in [-0.2, 0) is 4.74 Å². The van der Waals surface area contributed by atoms with Crippen LogP contribution >= 0.6 is 0 Å². The van der Waals surface area contributed by atoms with Gasteiger partial charge in [0.15, 0.2) is 0 Å². The van der Waals surface area contributed by atoms with Crippen molar-refractivity contribution in [3.63, 3.8) is 0 Å². The van der Waals surface area contributed by atoms with Crippen molar-refractivity contribution in [1.29, 1.82) is 0 Å². The van der Waals surface area contributed by atoms with E-state index in [1.54, 1.807) is 18.0 Å². The zero-order valence-electron chi connectivity index (χ0n) is 13.2. The van der Waals surface area contributed by atoms with Crippen molar-refractivity contribution < 1.29 is 14.6 Å². The van der Waals surface area contributed by atoms with Gasteiger partial charge in [0.25, 0.3) is 0 Å². The molecule has 5 nitrogen and oxygen atoms in total. The van der Waals surface area contributed by atoms with Gasteiger partial charge in [0.1, 0.15) is 5.60 Å². The molecule has 0 spiro atoms. The Bertz CT molecular complexity index is 508. The molecule has 2 atom stereocenters. The summed E-state index contributed by atoms with van der Waals surface area (Å²) in [6.07, 6.45) is 1.81. The number of hydrogen-bond acceptors (Lipinski definition) is 4. The summed E-state index contributed by atoms with van der Waals surface area (Å²) in [5.41, 5.74) is 1.31. The topological polar surface area (TPSA) is 62.7 Å². The standard InChI is InChI=1S/C16H24N2O3/c1-11(19)12-5-7-17-14(9-12)13-6-8-18(10-13)15(20)21-16(2,3)4/h5,7,9,11,13,19H,6,8,10H2,1-4H3. The number of hydrogen-bond donors (Lipinski definition) is 1. The molecule has 2 rings (SSSR count). The van der Waals surface area contributed by atoms with Gasteiger partial charge in [-0.05, 0) is 51.8 Å². The van der Waals surface area contributed by atoms with E-state index in [2.05, 4.69) is 4.98 Å². The summed E-state index contributed by atoms with van der Waals surface area (Å²) in [5.74, 6) is 0.205. The number of ether oxygens (including phenoxy) is 1. The molecule has 1 N–H and O–H groups in total. The average molecular weight is 292 g/mol. The summed E-state index contributed by atoms with van der Waals surface area (Å²) in [6, 6.07) is 3.74. The summed E-state index contributed by atoms with van der Waals surface area (Å²) >= 11 is 0. The van der Waals surface area contributed by atoms with Gasteiger partial charge in [-0.1, -0.05) is 0 Å². The molecule has 1 fully saturated rings. The maximum atomic E-state index is 12.1. The molecule has 2 heterocycles. The lowest BCUT2D eigenvalue weighted by Crippen LogP contribution is -2.35. The maximum Gasteiger partial charge on any atom is 0.410 e. The second kappa shape index (κ2) is 6.02. The van der Waals surface area contributed by atoms with Crippen LogP contribution in [0.2, 0.25) is 0 Å². The number of carbonyl (C=O) groups is 1. The zero-order chi connectivity index (χ0) is 15.6. The first kappa shape index (κ1) is 15.8. The summed E-state index contributed by atoms with van der Waals surface area (Å²) in [4.78, 5) is 18.2. The zero-order valence-corrected chi connectivity index (χ0v) is 13.2. The van der Waals surface area contributed by atoms with Gasteiger partial charge in [-0.15, -0.1) is 0 Å². The predicted molar refractivity (Wildman–Crippen MR) is 80.0 cm³/mol. The molecule has 0 radical (unpaired) electrons. The van der Waals surface area contributed by atoms with Gasteiger partial charge >= 0.3 is 6.09 Å². The van der Waals surface area contributed by atoms with E-state index in [9.17, 15) is 9.90 Å². The fraction of sp³-hybridized carbons (Fsp3) is 0.625. The van der Waals surface area contributed by atoms with Gasteiger partial charge in [-0.25, -0.2) is 4.79 Å². The summed E-state index contributed by atoms with van der Waals surface area (Å²) < 4.78 is 5.39. The van der Waals surface area contributed by atoms with Crippen LogP contribution < -0.4 is 0 Å². The first-order valence-electron chi connectivity index (χ1n) is 7.38. The number of amides is 1. The van der Waals surface area contributed by atoms with Crippen LogP contribution in [0.15, 0.2) is 18.3 Å². The minimum atomic E-state index is -0.505. The minimum Gasteiger partial charge on any atom is -0.444 e.